The summed E-state index contributed by atoms with van der Waals surface area (Å²) in [4.78, 5) is 12.4. The van der Waals surface area contributed by atoms with Gasteiger partial charge in [0.15, 0.2) is 0 Å². The Kier molecular flexibility index (Phi) is 5.64. The summed E-state index contributed by atoms with van der Waals surface area (Å²) in [5.74, 6) is -2.23. The molecule has 1 aliphatic carbocycles. The van der Waals surface area contributed by atoms with Crippen molar-refractivity contribution >= 4 is 17.7 Å². The third kappa shape index (κ3) is 4.07. The Labute approximate surface area is 146 Å². The molecule has 0 unspecified atom stereocenters. The fraction of sp³-hybridized carbons (Fsp3) is 0.500. The lowest BCUT2D eigenvalue weighted by molar-refractivity contribution is -0.200. The van der Waals surface area contributed by atoms with E-state index in [-0.39, 0.29) is 24.2 Å². The van der Waals surface area contributed by atoms with Gasteiger partial charge in [0.2, 0.25) is 0 Å². The van der Waals surface area contributed by atoms with E-state index in [9.17, 15) is 32.7 Å². The van der Waals surface area contributed by atoms with E-state index in [0.29, 0.717) is 0 Å². The molecule has 1 aromatic carbocycles. The third-order valence-corrected chi connectivity index (χ3v) is 4.79. The molecule has 0 aliphatic heterocycles. The van der Waals surface area contributed by atoms with Gasteiger partial charge in [-0.2, -0.15) is 30.2 Å². The molecular formula is C16H16F4N2O2S. The largest absolute Gasteiger partial charge is 0.480 e. The Morgan fingerprint density at radius 1 is 1.40 bits per heavy atom. The maximum Gasteiger partial charge on any atom is 0.408 e. The van der Waals surface area contributed by atoms with Crippen molar-refractivity contribution in [2.24, 2.45) is 0 Å². The third-order valence-electron chi connectivity index (χ3n) is 4.15. The van der Waals surface area contributed by atoms with Crippen molar-refractivity contribution < 1.29 is 27.5 Å². The second kappa shape index (κ2) is 7.22. The summed E-state index contributed by atoms with van der Waals surface area (Å²) >= 11 is 1.09. The topological polar surface area (TPSA) is 64.3 Å². The van der Waals surface area contributed by atoms with Crippen molar-refractivity contribution in [1.29, 1.82) is 5.26 Å². The Morgan fingerprint density at radius 3 is 2.32 bits per heavy atom. The van der Waals surface area contributed by atoms with E-state index in [4.69, 9.17) is 0 Å². The highest BCUT2D eigenvalue weighted by molar-refractivity contribution is 7.98. The first-order valence-corrected chi connectivity index (χ1v) is 8.79. The normalized spacial score (nSPS) is 18.4. The fourth-order valence-corrected chi connectivity index (χ4v) is 3.47. The maximum absolute atomic E-state index is 13.9. The quantitative estimate of drug-likeness (QED) is 0.737. The molecular weight excluding hydrogens is 360 g/mol. The zero-order valence-electron chi connectivity index (χ0n) is 13.3. The summed E-state index contributed by atoms with van der Waals surface area (Å²) in [6, 6.07) is 1.80. The van der Waals surface area contributed by atoms with Gasteiger partial charge >= 0.3 is 12.1 Å². The first-order chi connectivity index (χ1) is 11.7. The van der Waals surface area contributed by atoms with Crippen LogP contribution < -0.4 is 0 Å². The van der Waals surface area contributed by atoms with Gasteiger partial charge in [0.05, 0.1) is 6.07 Å². The number of nitriles is 1. The Bertz CT molecular complexity index is 668. The van der Waals surface area contributed by atoms with Crippen molar-refractivity contribution in [1.82, 2.24) is 4.90 Å². The van der Waals surface area contributed by atoms with Gasteiger partial charge in [0, 0.05) is 5.75 Å². The van der Waals surface area contributed by atoms with Crippen LogP contribution in [-0.4, -0.2) is 45.7 Å². The van der Waals surface area contributed by atoms with Crippen LogP contribution in [0, 0.1) is 17.1 Å². The van der Waals surface area contributed by atoms with Crippen molar-refractivity contribution in [2.45, 2.75) is 36.6 Å². The van der Waals surface area contributed by atoms with Crippen LogP contribution >= 0.6 is 11.8 Å². The van der Waals surface area contributed by atoms with Crippen LogP contribution in [0.2, 0.25) is 0 Å². The van der Waals surface area contributed by atoms with Crippen LogP contribution in [0.25, 0.3) is 0 Å². The lowest BCUT2D eigenvalue weighted by atomic mass is 9.99. The molecule has 2 rings (SSSR count). The minimum Gasteiger partial charge on any atom is -0.480 e. The monoisotopic (exact) mass is 376 g/mol. The molecule has 0 saturated heterocycles. The van der Waals surface area contributed by atoms with Crippen molar-refractivity contribution in [3.63, 3.8) is 0 Å². The summed E-state index contributed by atoms with van der Waals surface area (Å²) in [5.41, 5.74) is -1.77. The molecule has 9 heteroatoms. The number of aliphatic carboxylic acids is 1. The maximum atomic E-state index is 13.9. The number of carbonyl (C=O) groups is 1. The molecule has 1 aliphatic rings. The second-order valence-electron chi connectivity index (χ2n) is 5.86. The molecule has 1 fully saturated rings. The minimum atomic E-state index is -4.82. The molecule has 0 radical (unpaired) electrons. The summed E-state index contributed by atoms with van der Waals surface area (Å²) in [6.45, 7) is 0. The molecule has 0 aromatic heterocycles. The fourth-order valence-electron chi connectivity index (χ4n) is 2.85. The van der Waals surface area contributed by atoms with Gasteiger partial charge in [-0.3, -0.25) is 9.69 Å². The summed E-state index contributed by atoms with van der Waals surface area (Å²) in [5, 5.41) is 18.9. The van der Waals surface area contributed by atoms with Gasteiger partial charge in [-0.25, -0.2) is 4.39 Å². The average Bonchev–Trinajstić information content (AvgIpc) is 3.31. The zero-order chi connectivity index (χ0) is 18.8. The highest BCUT2D eigenvalue weighted by atomic mass is 32.2. The standard InChI is InChI=1S/C16H16F4N2O2S/c1-25-8-12(14(23)24)22(15(9-21)6-7-15)13(16(18,19)20)10-2-4-11(17)5-3-10/h2-5,12-13H,6-8H2,1H3,(H,23,24)/t12-,13+/m1/s1. The number of benzene rings is 1. The molecule has 1 N–H and O–H groups in total. The zero-order valence-corrected chi connectivity index (χ0v) is 14.1. The average molecular weight is 376 g/mol. The van der Waals surface area contributed by atoms with Crippen LogP contribution in [0.15, 0.2) is 24.3 Å². The van der Waals surface area contributed by atoms with Crippen LogP contribution in [-0.2, 0) is 4.79 Å². The molecule has 1 saturated carbocycles. The number of nitrogens with zero attached hydrogens (tertiary/aromatic N) is 2. The van der Waals surface area contributed by atoms with Gasteiger partial charge in [-0.15, -0.1) is 0 Å². The van der Waals surface area contributed by atoms with E-state index < -0.39 is 35.6 Å². The number of hydrogen-bond acceptors (Lipinski definition) is 4. The molecule has 25 heavy (non-hydrogen) atoms. The van der Waals surface area contributed by atoms with Crippen LogP contribution in [0.3, 0.4) is 0 Å². The number of halogens is 4. The van der Waals surface area contributed by atoms with E-state index in [1.165, 1.54) is 0 Å². The first-order valence-electron chi connectivity index (χ1n) is 7.40. The van der Waals surface area contributed by atoms with Gasteiger partial charge in [0.1, 0.15) is 23.4 Å². The van der Waals surface area contributed by atoms with Gasteiger partial charge < -0.3 is 5.11 Å². The molecule has 1 aromatic rings. The van der Waals surface area contributed by atoms with Crippen molar-refractivity contribution in [3.05, 3.63) is 35.6 Å². The number of carboxylic acids is 1. The SMILES string of the molecule is CSC[C@H](C(=O)O)N([C@@H](c1ccc(F)cc1)C(F)(F)F)C1(C#N)CC1. The van der Waals surface area contributed by atoms with E-state index in [0.717, 1.165) is 40.9 Å². The molecule has 0 spiro atoms. The Balaban J connectivity index is 2.60. The lowest BCUT2D eigenvalue weighted by Gasteiger charge is -2.40. The number of hydrogen-bond donors (Lipinski definition) is 1. The van der Waals surface area contributed by atoms with Crippen molar-refractivity contribution in [3.8, 4) is 6.07 Å². The number of alkyl halides is 3. The van der Waals surface area contributed by atoms with Crippen LogP contribution in [0.4, 0.5) is 17.6 Å². The molecule has 2 atom stereocenters. The summed E-state index contributed by atoms with van der Waals surface area (Å²) < 4.78 is 54.7. The van der Waals surface area contributed by atoms with Crippen LogP contribution in [0.1, 0.15) is 24.4 Å². The van der Waals surface area contributed by atoms with Crippen LogP contribution in [0.5, 0.6) is 0 Å². The molecule has 4 nitrogen and oxygen atoms in total. The molecule has 0 heterocycles. The van der Waals surface area contributed by atoms with E-state index in [1.807, 2.05) is 6.07 Å². The molecule has 0 amide bonds. The smallest absolute Gasteiger partial charge is 0.408 e. The van der Waals surface area contributed by atoms with Gasteiger partial charge in [0.25, 0.3) is 0 Å². The summed E-state index contributed by atoms with van der Waals surface area (Å²) in [6.07, 6.45) is -2.91. The number of rotatable bonds is 7. The Hall–Kier alpha value is -1.79. The molecule has 136 valence electrons. The number of carboxylic acid groups (broad SMARTS) is 1. The predicted octanol–water partition coefficient (Wildman–Crippen LogP) is 3.60. The molecule has 0 bridgehead atoms. The van der Waals surface area contributed by atoms with Gasteiger partial charge in [-0.1, -0.05) is 12.1 Å². The highest BCUT2D eigenvalue weighted by Crippen LogP contribution is 2.51. The lowest BCUT2D eigenvalue weighted by Crippen LogP contribution is -2.55. The van der Waals surface area contributed by atoms with E-state index in [2.05, 4.69) is 0 Å². The number of thioether (sulfide) groups is 1. The van der Waals surface area contributed by atoms with Crippen molar-refractivity contribution in [2.75, 3.05) is 12.0 Å². The minimum absolute atomic E-state index is 0.105. The highest BCUT2D eigenvalue weighted by Gasteiger charge is 2.60. The summed E-state index contributed by atoms with van der Waals surface area (Å²) in [7, 11) is 0. The Morgan fingerprint density at radius 2 is 1.96 bits per heavy atom. The first kappa shape index (κ1) is 19.5. The predicted molar refractivity (Wildman–Crippen MR) is 84.4 cm³/mol. The van der Waals surface area contributed by atoms with E-state index >= 15 is 0 Å². The van der Waals surface area contributed by atoms with E-state index in [1.54, 1.807) is 6.26 Å². The van der Waals surface area contributed by atoms with Gasteiger partial charge in [-0.05, 0) is 36.8 Å². The second-order valence-corrected chi connectivity index (χ2v) is 6.77.